The number of esters is 1. The molecule has 0 spiro atoms. The average Bonchev–Trinajstić information content (AvgIpc) is 2.83. The minimum Gasteiger partial charge on any atom is -0.469 e. The molecule has 1 atom stereocenters. The molecule has 0 aromatic carbocycles. The predicted molar refractivity (Wildman–Crippen MR) is 84.7 cm³/mol. The van der Waals surface area contributed by atoms with Crippen LogP contribution < -0.4 is 5.32 Å². The normalized spacial score (nSPS) is 17.4. The fourth-order valence-electron chi connectivity index (χ4n) is 3.04. The van der Waals surface area contributed by atoms with Gasteiger partial charge in [-0.3, -0.25) is 19.2 Å². The largest absolute Gasteiger partial charge is 0.469 e. The monoisotopic (exact) mass is 335 g/mol. The number of H-pyrrole nitrogens is 1. The minimum absolute atomic E-state index is 0.136. The Balaban J connectivity index is 2.36. The van der Waals surface area contributed by atoms with E-state index in [9.17, 15) is 19.2 Å². The number of piperazine rings is 1. The zero-order chi connectivity index (χ0) is 18.0. The zero-order valence-electron chi connectivity index (χ0n) is 14.2. The Morgan fingerprint density at radius 3 is 2.50 bits per heavy atom. The summed E-state index contributed by atoms with van der Waals surface area (Å²) >= 11 is 0. The van der Waals surface area contributed by atoms with E-state index in [1.165, 1.54) is 18.9 Å². The summed E-state index contributed by atoms with van der Waals surface area (Å²) in [5, 5.41) is 2.64. The summed E-state index contributed by atoms with van der Waals surface area (Å²) in [5.41, 5.74) is 1.90. The lowest BCUT2D eigenvalue weighted by molar-refractivity contribution is -0.145. The molecule has 1 aromatic heterocycles. The van der Waals surface area contributed by atoms with E-state index >= 15 is 0 Å². The zero-order valence-corrected chi connectivity index (χ0v) is 14.2. The molecule has 24 heavy (non-hydrogen) atoms. The van der Waals surface area contributed by atoms with Gasteiger partial charge in [0.25, 0.3) is 5.91 Å². The number of aromatic amines is 1. The maximum Gasteiger partial charge on any atom is 0.308 e. The van der Waals surface area contributed by atoms with E-state index in [0.717, 1.165) is 0 Å². The lowest BCUT2D eigenvalue weighted by Gasteiger charge is -2.34. The molecule has 2 rings (SSSR count). The van der Waals surface area contributed by atoms with Gasteiger partial charge in [-0.05, 0) is 26.3 Å². The van der Waals surface area contributed by atoms with Gasteiger partial charge < -0.3 is 19.9 Å². The number of carbonyl (C=O) groups is 4. The molecule has 0 aliphatic carbocycles. The van der Waals surface area contributed by atoms with Crippen LogP contribution in [-0.4, -0.2) is 59.7 Å². The summed E-state index contributed by atoms with van der Waals surface area (Å²) in [6.07, 6.45) is -0.216. The summed E-state index contributed by atoms with van der Waals surface area (Å²) in [6.45, 7) is 5.42. The Morgan fingerprint density at radius 1 is 1.29 bits per heavy atom. The molecular weight excluding hydrogens is 314 g/mol. The smallest absolute Gasteiger partial charge is 0.308 e. The van der Waals surface area contributed by atoms with Gasteiger partial charge >= 0.3 is 5.97 Å². The van der Waals surface area contributed by atoms with E-state index in [-0.39, 0.29) is 24.4 Å². The second-order valence-corrected chi connectivity index (χ2v) is 5.77. The molecule has 1 aromatic rings. The average molecular weight is 335 g/mol. The molecule has 1 aliphatic rings. The van der Waals surface area contributed by atoms with Crippen molar-refractivity contribution in [1.29, 1.82) is 0 Å². The second-order valence-electron chi connectivity index (χ2n) is 5.77. The number of hydrogen-bond donors (Lipinski definition) is 2. The van der Waals surface area contributed by atoms with Gasteiger partial charge in [-0.15, -0.1) is 0 Å². The molecule has 8 nitrogen and oxygen atoms in total. The Hall–Kier alpha value is -2.64. The van der Waals surface area contributed by atoms with Crippen LogP contribution in [0.15, 0.2) is 0 Å². The third-order valence-corrected chi connectivity index (χ3v) is 4.18. The summed E-state index contributed by atoms with van der Waals surface area (Å²) in [7, 11) is 1.23. The number of ketones is 1. The SMILES string of the molecule is COC(=O)CC1C(=O)NCCN1C(=O)c1[nH]c(C)c(C(C)=O)c1C. The first-order valence-electron chi connectivity index (χ1n) is 7.63. The predicted octanol–water partition coefficient (Wildman–Crippen LogP) is 0.338. The molecule has 2 N–H and O–H groups in total. The molecule has 1 saturated heterocycles. The number of rotatable bonds is 4. The van der Waals surface area contributed by atoms with Gasteiger partial charge in [-0.25, -0.2) is 0 Å². The van der Waals surface area contributed by atoms with Crippen LogP contribution in [0.1, 0.15) is 45.4 Å². The molecule has 1 unspecified atom stereocenters. The van der Waals surface area contributed by atoms with Gasteiger partial charge in [0.15, 0.2) is 5.78 Å². The van der Waals surface area contributed by atoms with E-state index in [1.54, 1.807) is 13.8 Å². The summed E-state index contributed by atoms with van der Waals surface area (Å²) in [6, 6.07) is -0.928. The van der Waals surface area contributed by atoms with Crippen molar-refractivity contribution in [2.45, 2.75) is 33.2 Å². The van der Waals surface area contributed by atoms with Crippen LogP contribution in [0, 0.1) is 13.8 Å². The Bertz CT molecular complexity index is 707. The molecule has 0 saturated carbocycles. The molecular formula is C16H21N3O5. The van der Waals surface area contributed by atoms with Crippen LogP contribution in [0.25, 0.3) is 0 Å². The molecule has 0 bridgehead atoms. The van der Waals surface area contributed by atoms with Gasteiger partial charge in [0, 0.05) is 24.3 Å². The number of amides is 2. The highest BCUT2D eigenvalue weighted by atomic mass is 16.5. The molecule has 1 fully saturated rings. The van der Waals surface area contributed by atoms with Crippen LogP contribution in [0.4, 0.5) is 0 Å². The molecule has 2 amide bonds. The van der Waals surface area contributed by atoms with E-state index < -0.39 is 23.8 Å². The summed E-state index contributed by atoms with van der Waals surface area (Å²) < 4.78 is 4.60. The fraction of sp³-hybridized carbons (Fsp3) is 0.500. The first-order chi connectivity index (χ1) is 11.3. The quantitative estimate of drug-likeness (QED) is 0.609. The molecule has 0 radical (unpaired) electrons. The first kappa shape index (κ1) is 17.7. The van der Waals surface area contributed by atoms with Crippen molar-refractivity contribution in [2.24, 2.45) is 0 Å². The third-order valence-electron chi connectivity index (χ3n) is 4.18. The Labute approximate surface area is 139 Å². The van der Waals surface area contributed by atoms with E-state index in [0.29, 0.717) is 23.4 Å². The van der Waals surface area contributed by atoms with Crippen molar-refractivity contribution in [3.63, 3.8) is 0 Å². The maximum absolute atomic E-state index is 12.9. The lowest BCUT2D eigenvalue weighted by Crippen LogP contribution is -2.58. The number of nitrogens with one attached hydrogen (secondary N) is 2. The Kier molecular flexibility index (Phi) is 5.06. The van der Waals surface area contributed by atoms with Crippen molar-refractivity contribution < 1.29 is 23.9 Å². The number of hydrogen-bond acceptors (Lipinski definition) is 5. The first-order valence-corrected chi connectivity index (χ1v) is 7.63. The highest BCUT2D eigenvalue weighted by molar-refractivity contribution is 6.04. The van der Waals surface area contributed by atoms with E-state index in [4.69, 9.17) is 0 Å². The molecule has 1 aliphatic heterocycles. The van der Waals surface area contributed by atoms with Crippen LogP contribution in [0.2, 0.25) is 0 Å². The number of ether oxygens (including phenoxy) is 1. The minimum atomic E-state index is -0.928. The van der Waals surface area contributed by atoms with Crippen molar-refractivity contribution in [1.82, 2.24) is 15.2 Å². The fourth-order valence-corrected chi connectivity index (χ4v) is 3.04. The number of nitrogens with zero attached hydrogens (tertiary/aromatic N) is 1. The summed E-state index contributed by atoms with van der Waals surface area (Å²) in [5.74, 6) is -1.51. The van der Waals surface area contributed by atoms with Crippen LogP contribution >= 0.6 is 0 Å². The van der Waals surface area contributed by atoms with Gasteiger partial charge in [0.2, 0.25) is 5.91 Å². The highest BCUT2D eigenvalue weighted by Crippen LogP contribution is 2.22. The number of aromatic nitrogens is 1. The molecule has 2 heterocycles. The standard InChI is InChI=1S/C16H21N3O5/c1-8-13(10(3)20)9(2)18-14(8)16(23)19-6-5-17-15(22)11(19)7-12(21)24-4/h11,18H,5-7H2,1-4H3,(H,17,22). The number of Topliss-reactive ketones (excluding diaryl/α,β-unsaturated/α-hetero) is 1. The number of carbonyl (C=O) groups excluding carboxylic acids is 4. The van der Waals surface area contributed by atoms with Crippen molar-refractivity contribution in [3.8, 4) is 0 Å². The highest BCUT2D eigenvalue weighted by Gasteiger charge is 2.37. The summed E-state index contributed by atoms with van der Waals surface area (Å²) in [4.78, 5) is 52.5. The van der Waals surface area contributed by atoms with Crippen LogP contribution in [-0.2, 0) is 14.3 Å². The van der Waals surface area contributed by atoms with E-state index in [1.807, 2.05) is 0 Å². The van der Waals surface area contributed by atoms with E-state index in [2.05, 4.69) is 15.0 Å². The maximum atomic E-state index is 12.9. The molecule has 130 valence electrons. The third kappa shape index (κ3) is 3.17. The van der Waals surface area contributed by atoms with Crippen molar-refractivity contribution in [3.05, 3.63) is 22.5 Å². The van der Waals surface area contributed by atoms with Crippen LogP contribution in [0.5, 0.6) is 0 Å². The van der Waals surface area contributed by atoms with Crippen molar-refractivity contribution in [2.75, 3.05) is 20.2 Å². The second kappa shape index (κ2) is 6.86. The number of aryl methyl sites for hydroxylation is 1. The van der Waals surface area contributed by atoms with Crippen LogP contribution in [0.3, 0.4) is 0 Å². The van der Waals surface area contributed by atoms with Gasteiger partial charge in [0.1, 0.15) is 11.7 Å². The van der Waals surface area contributed by atoms with Gasteiger partial charge in [-0.2, -0.15) is 0 Å². The number of methoxy groups -OCH3 is 1. The molecule has 8 heteroatoms. The lowest BCUT2D eigenvalue weighted by atomic mass is 10.0. The topological polar surface area (TPSA) is 109 Å². The van der Waals surface area contributed by atoms with Gasteiger partial charge in [-0.1, -0.05) is 0 Å². The Morgan fingerprint density at radius 2 is 1.96 bits per heavy atom. The van der Waals surface area contributed by atoms with Crippen molar-refractivity contribution >= 4 is 23.6 Å². The van der Waals surface area contributed by atoms with Gasteiger partial charge in [0.05, 0.1) is 13.5 Å².